The molecule has 1 nitrogen and oxygen atoms in total. The summed E-state index contributed by atoms with van der Waals surface area (Å²) in [6.45, 7) is -0.313. The first kappa shape index (κ1) is 19.1. The van der Waals surface area contributed by atoms with Gasteiger partial charge >= 0.3 is 12.4 Å². The standard InChI is InChI=1S/C10H11F9O/c1-3-4-20-5-8(13,10(17,18)19)6(11)7(2,12)9(14,15)16/h3,6H,1,4-5H2,2H3. The molecule has 0 saturated heterocycles. The van der Waals surface area contributed by atoms with Crippen LogP contribution in [-0.2, 0) is 4.74 Å². The van der Waals surface area contributed by atoms with Gasteiger partial charge in [0.1, 0.15) is 0 Å². The fourth-order valence-corrected chi connectivity index (χ4v) is 1.16. The highest BCUT2D eigenvalue weighted by Gasteiger charge is 2.72. The summed E-state index contributed by atoms with van der Waals surface area (Å²) in [4.78, 5) is 0. The molecule has 0 aliphatic heterocycles. The second-order valence-electron chi connectivity index (χ2n) is 4.10. The van der Waals surface area contributed by atoms with Gasteiger partial charge in [-0.15, -0.1) is 6.58 Å². The van der Waals surface area contributed by atoms with E-state index in [1.165, 1.54) is 0 Å². The maximum atomic E-state index is 13.6. The molecule has 0 N–H and O–H groups in total. The third-order valence-electron chi connectivity index (χ3n) is 2.45. The lowest BCUT2D eigenvalue weighted by Crippen LogP contribution is -2.63. The zero-order chi connectivity index (χ0) is 16.4. The normalized spacial score (nSPS) is 20.9. The van der Waals surface area contributed by atoms with Crippen LogP contribution in [0.4, 0.5) is 39.5 Å². The Morgan fingerprint density at radius 1 is 1.00 bits per heavy atom. The largest absolute Gasteiger partial charge is 0.427 e. The van der Waals surface area contributed by atoms with Crippen molar-refractivity contribution >= 4 is 0 Å². The van der Waals surface area contributed by atoms with Crippen LogP contribution in [0.2, 0.25) is 0 Å². The van der Waals surface area contributed by atoms with Gasteiger partial charge in [-0.2, -0.15) is 26.3 Å². The summed E-state index contributed by atoms with van der Waals surface area (Å²) >= 11 is 0. The fourth-order valence-electron chi connectivity index (χ4n) is 1.16. The molecule has 0 amide bonds. The molecule has 0 spiro atoms. The van der Waals surface area contributed by atoms with Crippen LogP contribution in [0.15, 0.2) is 12.7 Å². The second kappa shape index (κ2) is 5.82. The van der Waals surface area contributed by atoms with Gasteiger partial charge in [0.05, 0.1) is 13.2 Å². The minimum atomic E-state index is -6.09. The van der Waals surface area contributed by atoms with Crippen molar-refractivity contribution in [3.63, 3.8) is 0 Å². The van der Waals surface area contributed by atoms with Crippen molar-refractivity contribution in [2.75, 3.05) is 13.2 Å². The molecular formula is C10H11F9O. The average Bonchev–Trinajstić information content (AvgIpc) is 2.24. The van der Waals surface area contributed by atoms with Crippen LogP contribution in [0, 0.1) is 0 Å². The minimum Gasteiger partial charge on any atom is -0.374 e. The van der Waals surface area contributed by atoms with Crippen LogP contribution in [-0.4, -0.2) is 43.1 Å². The Bertz CT molecular complexity index is 333. The summed E-state index contributed by atoms with van der Waals surface area (Å²) in [7, 11) is 0. The smallest absolute Gasteiger partial charge is 0.374 e. The zero-order valence-corrected chi connectivity index (χ0v) is 10.1. The first-order chi connectivity index (χ1) is 8.72. The van der Waals surface area contributed by atoms with Crippen LogP contribution in [0.25, 0.3) is 0 Å². The first-order valence-electron chi connectivity index (χ1n) is 5.05. The quantitative estimate of drug-likeness (QED) is 0.407. The van der Waals surface area contributed by atoms with Crippen molar-refractivity contribution in [1.29, 1.82) is 0 Å². The lowest BCUT2D eigenvalue weighted by molar-refractivity contribution is -0.312. The van der Waals surface area contributed by atoms with Crippen LogP contribution in [0.3, 0.4) is 0 Å². The van der Waals surface area contributed by atoms with Gasteiger partial charge in [-0.1, -0.05) is 6.08 Å². The summed E-state index contributed by atoms with van der Waals surface area (Å²) in [5.41, 5.74) is -10.2. The van der Waals surface area contributed by atoms with Crippen molar-refractivity contribution in [3.8, 4) is 0 Å². The van der Waals surface area contributed by atoms with Crippen molar-refractivity contribution in [1.82, 2.24) is 0 Å². The SMILES string of the molecule is C=CCOCC(F)(C(F)C(C)(F)C(F)(F)F)C(F)(F)F. The Hall–Kier alpha value is -0.930. The number of ether oxygens (including phenoxy) is 1. The van der Waals surface area contributed by atoms with E-state index in [2.05, 4.69) is 11.3 Å². The van der Waals surface area contributed by atoms with Crippen molar-refractivity contribution in [2.24, 2.45) is 0 Å². The molecule has 0 fully saturated rings. The molecule has 20 heavy (non-hydrogen) atoms. The molecule has 0 aromatic heterocycles. The van der Waals surface area contributed by atoms with E-state index in [-0.39, 0.29) is 0 Å². The van der Waals surface area contributed by atoms with Gasteiger partial charge in [-0.3, -0.25) is 0 Å². The summed E-state index contributed by atoms with van der Waals surface area (Å²) in [6.07, 6.45) is -15.8. The number of hydrogen-bond donors (Lipinski definition) is 0. The van der Waals surface area contributed by atoms with E-state index >= 15 is 0 Å². The second-order valence-corrected chi connectivity index (χ2v) is 4.10. The van der Waals surface area contributed by atoms with Crippen molar-refractivity contribution in [3.05, 3.63) is 12.7 Å². The molecule has 0 bridgehead atoms. The highest BCUT2D eigenvalue weighted by Crippen LogP contribution is 2.48. The van der Waals surface area contributed by atoms with E-state index in [4.69, 9.17) is 0 Å². The molecule has 10 heteroatoms. The molecule has 0 radical (unpaired) electrons. The van der Waals surface area contributed by atoms with Crippen LogP contribution in [0.5, 0.6) is 0 Å². The molecular weight excluding hydrogens is 307 g/mol. The molecule has 3 atom stereocenters. The third-order valence-corrected chi connectivity index (χ3v) is 2.45. The highest BCUT2D eigenvalue weighted by molar-refractivity contribution is 5.06. The summed E-state index contributed by atoms with van der Waals surface area (Å²) in [5, 5.41) is 0. The van der Waals surface area contributed by atoms with E-state index in [1.807, 2.05) is 0 Å². The summed E-state index contributed by atoms with van der Waals surface area (Å²) in [5.74, 6) is 0. The van der Waals surface area contributed by atoms with Crippen LogP contribution >= 0.6 is 0 Å². The van der Waals surface area contributed by atoms with Crippen molar-refractivity contribution < 1.29 is 44.3 Å². The Morgan fingerprint density at radius 3 is 1.75 bits per heavy atom. The lowest BCUT2D eigenvalue weighted by Gasteiger charge is -2.37. The zero-order valence-electron chi connectivity index (χ0n) is 10.1. The molecule has 0 aliphatic rings. The Labute approximate surface area is 108 Å². The molecule has 0 heterocycles. The summed E-state index contributed by atoms with van der Waals surface area (Å²) < 4.78 is 118. The van der Waals surface area contributed by atoms with E-state index in [1.54, 1.807) is 0 Å². The minimum absolute atomic E-state index is 0.509. The fraction of sp³-hybridized carbons (Fsp3) is 0.800. The molecule has 0 aromatic rings. The van der Waals surface area contributed by atoms with Gasteiger partial charge in [0, 0.05) is 0 Å². The Kier molecular flexibility index (Phi) is 5.55. The molecule has 0 rings (SSSR count). The van der Waals surface area contributed by atoms with Crippen molar-refractivity contribution in [2.45, 2.75) is 36.8 Å². The number of rotatable bonds is 6. The summed E-state index contributed by atoms with van der Waals surface area (Å²) in [6, 6.07) is 0. The van der Waals surface area contributed by atoms with Gasteiger partial charge in [-0.25, -0.2) is 13.2 Å². The van der Waals surface area contributed by atoms with Gasteiger partial charge in [0.2, 0.25) is 5.67 Å². The first-order valence-corrected chi connectivity index (χ1v) is 5.05. The predicted octanol–water partition coefficient (Wildman–Crippen LogP) is 4.09. The maximum absolute atomic E-state index is 13.6. The number of hydrogen-bond acceptors (Lipinski definition) is 1. The van der Waals surface area contributed by atoms with Crippen LogP contribution in [0.1, 0.15) is 6.92 Å². The van der Waals surface area contributed by atoms with Crippen LogP contribution < -0.4 is 0 Å². The van der Waals surface area contributed by atoms with Gasteiger partial charge in [0.15, 0.2) is 6.17 Å². The van der Waals surface area contributed by atoms with Gasteiger partial charge in [0.25, 0.3) is 5.67 Å². The Balaban J connectivity index is 5.49. The topological polar surface area (TPSA) is 9.23 Å². The molecule has 120 valence electrons. The van der Waals surface area contributed by atoms with E-state index in [0.29, 0.717) is 0 Å². The highest BCUT2D eigenvalue weighted by atomic mass is 19.4. The number of halogens is 9. The molecule has 0 aromatic carbocycles. The van der Waals surface area contributed by atoms with Gasteiger partial charge < -0.3 is 4.74 Å². The molecule has 0 aliphatic carbocycles. The average molecular weight is 318 g/mol. The molecule has 3 unspecified atom stereocenters. The number of alkyl halides is 9. The lowest BCUT2D eigenvalue weighted by atomic mass is 9.87. The van der Waals surface area contributed by atoms with E-state index < -0.39 is 50.0 Å². The van der Waals surface area contributed by atoms with Gasteiger partial charge in [-0.05, 0) is 6.92 Å². The maximum Gasteiger partial charge on any atom is 0.427 e. The van der Waals surface area contributed by atoms with E-state index in [9.17, 15) is 39.5 Å². The monoisotopic (exact) mass is 318 g/mol. The van der Waals surface area contributed by atoms with E-state index in [0.717, 1.165) is 6.08 Å². The predicted molar refractivity (Wildman–Crippen MR) is 51.4 cm³/mol. The molecule has 0 saturated carbocycles. The Morgan fingerprint density at radius 2 is 1.45 bits per heavy atom. The third kappa shape index (κ3) is 3.58.